The van der Waals surface area contributed by atoms with Crippen LogP contribution in [0.1, 0.15) is 33.4 Å². The lowest BCUT2D eigenvalue weighted by atomic mass is 9.63. The Hall–Kier alpha value is -3.68. The van der Waals surface area contributed by atoms with Crippen molar-refractivity contribution in [3.63, 3.8) is 0 Å². The lowest BCUT2D eigenvalue weighted by Crippen LogP contribution is -2.39. The van der Waals surface area contributed by atoms with Gasteiger partial charge in [0.2, 0.25) is 0 Å². The Bertz CT molecular complexity index is 1430. The number of fused-ring (bicyclic) bond motifs is 4. The van der Waals surface area contributed by atoms with Crippen molar-refractivity contribution in [2.45, 2.75) is 5.41 Å². The molecule has 0 unspecified atom stereocenters. The van der Waals surface area contributed by atoms with E-state index in [0.717, 1.165) is 44.5 Å². The number of hydrogen-bond donors (Lipinski definition) is 0. The van der Waals surface area contributed by atoms with Crippen LogP contribution in [0.5, 0.6) is 0 Å². The van der Waals surface area contributed by atoms with Gasteiger partial charge in [0.1, 0.15) is 5.41 Å². The predicted molar refractivity (Wildman–Crippen MR) is 131 cm³/mol. The van der Waals surface area contributed by atoms with E-state index in [1.54, 1.807) is 6.08 Å². The van der Waals surface area contributed by atoms with Crippen molar-refractivity contribution in [3.05, 3.63) is 148 Å². The molecular weight excluding hydrogens is 412 g/mol. The standard InChI is InChI=1S/C30H19ClO/c31-26-19-22-15-7-9-17-24(22)30(29(26)32)25-18-10-8-16-23(25)27(20-11-3-1-4-12-20)28(30)21-13-5-2-6-14-21/h1-19H/t30-/m0/s1. The van der Waals surface area contributed by atoms with E-state index in [2.05, 4.69) is 42.5 Å². The number of Topliss-reactive ketones (excluding diaryl/α,β-unsaturated/α-hetero) is 1. The first-order valence-electron chi connectivity index (χ1n) is 10.7. The number of halogens is 1. The van der Waals surface area contributed by atoms with E-state index < -0.39 is 5.41 Å². The highest BCUT2D eigenvalue weighted by Gasteiger charge is 2.55. The first kappa shape index (κ1) is 19.0. The van der Waals surface area contributed by atoms with Gasteiger partial charge in [0, 0.05) is 0 Å². The van der Waals surface area contributed by atoms with Crippen molar-refractivity contribution in [2.75, 3.05) is 0 Å². The molecule has 1 spiro atoms. The Morgan fingerprint density at radius 2 is 1.16 bits per heavy atom. The summed E-state index contributed by atoms with van der Waals surface area (Å²) in [5.41, 5.74) is 7.22. The van der Waals surface area contributed by atoms with Gasteiger partial charge in [-0.15, -0.1) is 0 Å². The minimum absolute atomic E-state index is 0.0740. The van der Waals surface area contributed by atoms with E-state index in [4.69, 9.17) is 11.6 Å². The Morgan fingerprint density at radius 1 is 0.594 bits per heavy atom. The van der Waals surface area contributed by atoms with Crippen LogP contribution < -0.4 is 0 Å². The third kappa shape index (κ3) is 2.49. The third-order valence-electron chi connectivity index (χ3n) is 6.55. The second kappa shape index (κ2) is 7.19. The van der Waals surface area contributed by atoms with Crippen LogP contribution >= 0.6 is 11.6 Å². The monoisotopic (exact) mass is 430 g/mol. The van der Waals surface area contributed by atoms with Gasteiger partial charge in [-0.3, -0.25) is 4.79 Å². The number of carbonyl (C=O) groups excluding carboxylic acids is 1. The molecular formula is C30H19ClO. The largest absolute Gasteiger partial charge is 0.291 e. The molecule has 4 aromatic rings. The number of hydrogen-bond acceptors (Lipinski definition) is 1. The van der Waals surface area contributed by atoms with Crippen molar-refractivity contribution in [3.8, 4) is 0 Å². The third-order valence-corrected chi connectivity index (χ3v) is 6.84. The Morgan fingerprint density at radius 3 is 1.88 bits per heavy atom. The van der Waals surface area contributed by atoms with Gasteiger partial charge in [0.15, 0.2) is 5.78 Å². The summed E-state index contributed by atoms with van der Waals surface area (Å²) in [7, 11) is 0. The van der Waals surface area contributed by atoms with Crippen LogP contribution in [0, 0.1) is 0 Å². The maximum Gasteiger partial charge on any atom is 0.193 e. The number of rotatable bonds is 2. The molecule has 0 amide bonds. The summed E-state index contributed by atoms with van der Waals surface area (Å²) in [5, 5.41) is 0.265. The van der Waals surface area contributed by atoms with Gasteiger partial charge in [-0.25, -0.2) is 0 Å². The van der Waals surface area contributed by atoms with Crippen LogP contribution in [0.4, 0.5) is 0 Å². The van der Waals surface area contributed by atoms with Crippen molar-refractivity contribution >= 4 is 34.6 Å². The van der Waals surface area contributed by atoms with Crippen LogP contribution in [0.2, 0.25) is 0 Å². The van der Waals surface area contributed by atoms with Crippen molar-refractivity contribution < 1.29 is 4.79 Å². The van der Waals surface area contributed by atoms with Crippen molar-refractivity contribution in [2.24, 2.45) is 0 Å². The zero-order chi connectivity index (χ0) is 21.7. The molecule has 0 saturated carbocycles. The van der Waals surface area contributed by atoms with Gasteiger partial charge in [-0.2, -0.15) is 0 Å². The maximum atomic E-state index is 14.2. The van der Waals surface area contributed by atoms with Gasteiger partial charge < -0.3 is 0 Å². The lowest BCUT2D eigenvalue weighted by molar-refractivity contribution is -0.117. The fourth-order valence-corrected chi connectivity index (χ4v) is 5.60. The number of allylic oxidation sites excluding steroid dienone is 2. The van der Waals surface area contributed by atoms with Gasteiger partial charge in [-0.1, -0.05) is 121 Å². The summed E-state index contributed by atoms with van der Waals surface area (Å²) in [6, 6.07) is 36.9. The van der Waals surface area contributed by atoms with E-state index in [0.29, 0.717) is 0 Å². The molecule has 6 rings (SSSR count). The van der Waals surface area contributed by atoms with Crippen LogP contribution in [-0.4, -0.2) is 5.78 Å². The summed E-state index contributed by atoms with van der Waals surface area (Å²) >= 11 is 6.67. The van der Waals surface area contributed by atoms with Gasteiger partial charge in [0.05, 0.1) is 5.03 Å². The van der Waals surface area contributed by atoms with E-state index >= 15 is 0 Å². The molecule has 152 valence electrons. The molecule has 1 atom stereocenters. The highest BCUT2D eigenvalue weighted by molar-refractivity contribution is 6.49. The maximum absolute atomic E-state index is 14.2. The summed E-state index contributed by atoms with van der Waals surface area (Å²) in [5.74, 6) is -0.0740. The quantitative estimate of drug-likeness (QED) is 0.331. The molecule has 2 heteroatoms. The molecule has 2 aliphatic carbocycles. The average molecular weight is 431 g/mol. The SMILES string of the molecule is O=C1C(Cl)=Cc2ccccc2[C@]12C(c1ccccc1)=C(c1ccccc1)c1ccccc12. The summed E-state index contributed by atoms with van der Waals surface area (Å²) < 4.78 is 0. The molecule has 0 radical (unpaired) electrons. The molecule has 0 aliphatic heterocycles. The minimum Gasteiger partial charge on any atom is -0.291 e. The lowest BCUT2D eigenvalue weighted by Gasteiger charge is -2.37. The van der Waals surface area contributed by atoms with Crippen LogP contribution in [0.25, 0.3) is 17.2 Å². The molecule has 32 heavy (non-hydrogen) atoms. The molecule has 1 nitrogen and oxygen atoms in total. The first-order valence-corrected chi connectivity index (χ1v) is 11.1. The molecule has 0 heterocycles. The normalized spacial score (nSPS) is 19.0. The Balaban J connectivity index is 1.84. The van der Waals surface area contributed by atoms with Crippen LogP contribution in [0.3, 0.4) is 0 Å². The zero-order valence-corrected chi connectivity index (χ0v) is 18.0. The average Bonchev–Trinajstić information content (AvgIpc) is 3.16. The highest BCUT2D eigenvalue weighted by atomic mass is 35.5. The molecule has 0 saturated heterocycles. The molecule has 4 aromatic carbocycles. The summed E-state index contributed by atoms with van der Waals surface area (Å²) in [4.78, 5) is 14.2. The fourth-order valence-electron chi connectivity index (χ4n) is 5.34. The molecule has 2 aliphatic rings. The van der Waals surface area contributed by atoms with Gasteiger partial charge in [-0.05, 0) is 50.6 Å². The fraction of sp³-hybridized carbons (Fsp3) is 0.0333. The van der Waals surface area contributed by atoms with Gasteiger partial charge >= 0.3 is 0 Å². The van der Waals surface area contributed by atoms with Crippen LogP contribution in [0.15, 0.2) is 114 Å². The second-order valence-corrected chi connectivity index (χ2v) is 8.59. The van der Waals surface area contributed by atoms with E-state index in [1.807, 2.05) is 66.7 Å². The molecule has 0 fully saturated rings. The zero-order valence-electron chi connectivity index (χ0n) is 17.3. The second-order valence-electron chi connectivity index (χ2n) is 8.19. The Labute approximate surface area is 192 Å². The highest BCUT2D eigenvalue weighted by Crippen LogP contribution is 2.59. The minimum atomic E-state index is -0.994. The Kier molecular flexibility index (Phi) is 4.28. The first-order chi connectivity index (χ1) is 15.7. The number of ketones is 1. The smallest absolute Gasteiger partial charge is 0.193 e. The van der Waals surface area contributed by atoms with Crippen LogP contribution in [-0.2, 0) is 10.2 Å². The van der Waals surface area contributed by atoms with E-state index in [-0.39, 0.29) is 10.8 Å². The molecule has 0 bridgehead atoms. The number of carbonyl (C=O) groups is 1. The summed E-state index contributed by atoms with van der Waals surface area (Å²) in [6.45, 7) is 0. The number of benzene rings is 4. The van der Waals surface area contributed by atoms with Crippen molar-refractivity contribution in [1.82, 2.24) is 0 Å². The van der Waals surface area contributed by atoms with Crippen molar-refractivity contribution in [1.29, 1.82) is 0 Å². The predicted octanol–water partition coefficient (Wildman–Crippen LogP) is 7.11. The van der Waals surface area contributed by atoms with E-state index in [9.17, 15) is 4.79 Å². The molecule has 0 aromatic heterocycles. The molecule has 0 N–H and O–H groups in total. The summed E-state index contributed by atoms with van der Waals surface area (Å²) in [6.07, 6.45) is 1.80. The van der Waals surface area contributed by atoms with E-state index in [1.165, 1.54) is 0 Å². The van der Waals surface area contributed by atoms with Gasteiger partial charge in [0.25, 0.3) is 0 Å². The topological polar surface area (TPSA) is 17.1 Å².